The minimum absolute atomic E-state index is 0.0198. The van der Waals surface area contributed by atoms with Crippen molar-refractivity contribution in [3.8, 4) is 0 Å². The van der Waals surface area contributed by atoms with E-state index in [2.05, 4.69) is 5.32 Å². The maximum atomic E-state index is 12.8. The summed E-state index contributed by atoms with van der Waals surface area (Å²) in [6.45, 7) is 4.91. The van der Waals surface area contributed by atoms with Crippen molar-refractivity contribution in [1.29, 1.82) is 0 Å². The first-order valence-electron chi connectivity index (χ1n) is 9.53. The van der Waals surface area contributed by atoms with Gasteiger partial charge in [-0.25, -0.2) is 13.2 Å². The Morgan fingerprint density at radius 1 is 1.16 bits per heavy atom. The fourth-order valence-corrected chi connectivity index (χ4v) is 4.74. The van der Waals surface area contributed by atoms with Crippen molar-refractivity contribution in [2.45, 2.75) is 25.7 Å². The van der Waals surface area contributed by atoms with Gasteiger partial charge in [0, 0.05) is 24.8 Å². The summed E-state index contributed by atoms with van der Waals surface area (Å²) >= 11 is 5.72. The van der Waals surface area contributed by atoms with Crippen LogP contribution in [0.2, 0.25) is 5.02 Å². The number of benzene rings is 2. The Kier molecular flexibility index (Phi) is 8.31. The number of hydrogen-bond donors (Lipinski definition) is 1. The number of rotatable bonds is 9. The molecule has 1 amide bonds. The van der Waals surface area contributed by atoms with Gasteiger partial charge in [0.1, 0.15) is 5.02 Å². The zero-order valence-electron chi connectivity index (χ0n) is 17.6. The lowest BCUT2D eigenvalue weighted by Crippen LogP contribution is -2.31. The molecule has 2 rings (SSSR count). The molecule has 0 radical (unpaired) electrons. The molecule has 2 aromatic carbocycles. The third-order valence-electron chi connectivity index (χ3n) is 4.51. The van der Waals surface area contributed by atoms with Crippen molar-refractivity contribution in [1.82, 2.24) is 4.31 Å². The zero-order chi connectivity index (χ0) is 24.1. The number of sulfonamides is 1. The van der Waals surface area contributed by atoms with Gasteiger partial charge in [0.15, 0.2) is 6.61 Å². The molecule has 0 aliphatic rings. The molecule has 32 heavy (non-hydrogen) atoms. The highest BCUT2D eigenvalue weighted by atomic mass is 35.5. The Hall–Kier alpha value is -3.02. The molecule has 0 heterocycles. The number of hydrogen-bond acceptors (Lipinski definition) is 7. The minimum atomic E-state index is -3.79. The number of esters is 1. The van der Waals surface area contributed by atoms with Gasteiger partial charge in [-0.1, -0.05) is 31.5 Å². The van der Waals surface area contributed by atoms with E-state index in [4.69, 9.17) is 16.3 Å². The monoisotopic (exact) mass is 483 g/mol. The Morgan fingerprint density at radius 2 is 1.81 bits per heavy atom. The third kappa shape index (κ3) is 5.81. The Bertz CT molecular complexity index is 1150. The lowest BCUT2D eigenvalue weighted by molar-refractivity contribution is -0.384. The Labute approximate surface area is 190 Å². The van der Waals surface area contributed by atoms with Gasteiger partial charge in [0.05, 0.1) is 15.4 Å². The second-order valence-corrected chi connectivity index (χ2v) is 8.93. The molecule has 172 valence electrons. The van der Waals surface area contributed by atoms with Crippen LogP contribution >= 0.6 is 11.6 Å². The van der Waals surface area contributed by atoms with Crippen LogP contribution in [0.3, 0.4) is 0 Å². The molecular formula is C20H22ClN3O7S. The summed E-state index contributed by atoms with van der Waals surface area (Å²) < 4.78 is 31.9. The first-order valence-corrected chi connectivity index (χ1v) is 11.3. The summed E-state index contributed by atoms with van der Waals surface area (Å²) in [5.74, 6) is -1.63. The fraction of sp³-hybridized carbons (Fsp3) is 0.300. The molecule has 0 aliphatic carbocycles. The quantitative estimate of drug-likeness (QED) is 0.328. The molecule has 12 heteroatoms. The summed E-state index contributed by atoms with van der Waals surface area (Å²) in [5, 5.41) is 13.2. The number of carbonyl (C=O) groups excluding carboxylic acids is 2. The van der Waals surface area contributed by atoms with Crippen molar-refractivity contribution in [3.05, 3.63) is 62.7 Å². The van der Waals surface area contributed by atoms with Crippen LogP contribution in [0.4, 0.5) is 11.4 Å². The number of nitro groups is 1. The highest BCUT2D eigenvalue weighted by Crippen LogP contribution is 2.27. The molecule has 0 aliphatic heterocycles. The predicted molar refractivity (Wildman–Crippen MR) is 118 cm³/mol. The lowest BCUT2D eigenvalue weighted by Gasteiger charge is -2.20. The summed E-state index contributed by atoms with van der Waals surface area (Å²) in [6.07, 6.45) is 0. The molecule has 0 saturated heterocycles. The van der Waals surface area contributed by atoms with Crippen LogP contribution in [-0.4, -0.2) is 49.2 Å². The number of halogens is 1. The molecule has 1 N–H and O–H groups in total. The topological polar surface area (TPSA) is 136 Å². The van der Waals surface area contributed by atoms with Gasteiger partial charge in [-0.05, 0) is 36.8 Å². The standard InChI is InChI=1S/C20H22ClN3O7S/c1-4-23(5-2)32(29,30)18-10-14(7-6-13(18)3)20(26)31-12-19(25)22-15-8-9-16(21)17(11-15)24(27)28/h6-11H,4-5,12H2,1-3H3,(H,22,25). The normalized spacial score (nSPS) is 11.3. The number of ether oxygens (including phenoxy) is 1. The van der Waals surface area contributed by atoms with Crippen LogP contribution < -0.4 is 5.32 Å². The number of nitrogens with zero attached hydrogens (tertiary/aromatic N) is 2. The molecule has 0 spiro atoms. The van der Waals surface area contributed by atoms with Crippen LogP contribution in [0.1, 0.15) is 29.8 Å². The molecular weight excluding hydrogens is 462 g/mol. The molecule has 2 aromatic rings. The van der Waals surface area contributed by atoms with Crippen molar-refractivity contribution >= 4 is 44.9 Å². The Balaban J connectivity index is 2.11. The van der Waals surface area contributed by atoms with Crippen LogP contribution in [0.15, 0.2) is 41.3 Å². The van der Waals surface area contributed by atoms with E-state index in [0.717, 1.165) is 6.07 Å². The van der Waals surface area contributed by atoms with Crippen molar-refractivity contribution in [2.75, 3.05) is 25.0 Å². The summed E-state index contributed by atoms with van der Waals surface area (Å²) in [4.78, 5) is 34.7. The maximum absolute atomic E-state index is 12.8. The van der Waals surface area contributed by atoms with Gasteiger partial charge in [-0.2, -0.15) is 4.31 Å². The van der Waals surface area contributed by atoms with Crippen LogP contribution in [0.25, 0.3) is 0 Å². The highest BCUT2D eigenvalue weighted by molar-refractivity contribution is 7.89. The van der Waals surface area contributed by atoms with Gasteiger partial charge in [0.25, 0.3) is 11.6 Å². The zero-order valence-corrected chi connectivity index (χ0v) is 19.2. The second kappa shape index (κ2) is 10.5. The van der Waals surface area contributed by atoms with Crippen molar-refractivity contribution < 1.29 is 27.7 Å². The molecule has 0 fully saturated rings. The smallest absolute Gasteiger partial charge is 0.338 e. The summed E-state index contributed by atoms with van der Waals surface area (Å²) in [5.41, 5.74) is 0.153. The van der Waals surface area contributed by atoms with Gasteiger partial charge < -0.3 is 10.1 Å². The molecule has 0 unspecified atom stereocenters. The SMILES string of the molecule is CCN(CC)S(=O)(=O)c1cc(C(=O)OCC(=O)Nc2ccc(Cl)c([N+](=O)[O-])c2)ccc1C. The first-order chi connectivity index (χ1) is 15.0. The molecule has 10 nitrogen and oxygen atoms in total. The Morgan fingerprint density at radius 3 is 2.41 bits per heavy atom. The molecule has 0 atom stereocenters. The van der Waals surface area contributed by atoms with Gasteiger partial charge in [-0.15, -0.1) is 0 Å². The lowest BCUT2D eigenvalue weighted by atomic mass is 10.1. The van der Waals surface area contributed by atoms with Crippen LogP contribution in [0, 0.1) is 17.0 Å². The summed E-state index contributed by atoms with van der Waals surface area (Å²) in [6, 6.07) is 7.79. The van der Waals surface area contributed by atoms with E-state index in [1.807, 2.05) is 0 Å². The van der Waals surface area contributed by atoms with E-state index in [-0.39, 0.29) is 39.9 Å². The van der Waals surface area contributed by atoms with E-state index in [1.54, 1.807) is 20.8 Å². The van der Waals surface area contributed by atoms with E-state index >= 15 is 0 Å². The third-order valence-corrected chi connectivity index (χ3v) is 7.02. The number of aryl methyl sites for hydroxylation is 1. The van der Waals surface area contributed by atoms with E-state index < -0.39 is 33.4 Å². The predicted octanol–water partition coefficient (Wildman–Crippen LogP) is 3.38. The number of carbonyl (C=O) groups is 2. The minimum Gasteiger partial charge on any atom is -0.452 e. The maximum Gasteiger partial charge on any atom is 0.338 e. The van der Waals surface area contributed by atoms with Crippen LogP contribution in [-0.2, 0) is 19.6 Å². The average molecular weight is 484 g/mol. The average Bonchev–Trinajstić information content (AvgIpc) is 2.74. The number of anilines is 1. The first kappa shape index (κ1) is 25.2. The molecule has 0 aromatic heterocycles. The van der Waals surface area contributed by atoms with Gasteiger partial charge in [0.2, 0.25) is 10.0 Å². The number of nitro benzene ring substituents is 1. The van der Waals surface area contributed by atoms with E-state index in [9.17, 15) is 28.1 Å². The van der Waals surface area contributed by atoms with E-state index in [0.29, 0.717) is 5.56 Å². The molecule has 0 bridgehead atoms. The highest BCUT2D eigenvalue weighted by Gasteiger charge is 2.25. The number of nitrogens with one attached hydrogen (secondary N) is 1. The van der Waals surface area contributed by atoms with E-state index in [1.165, 1.54) is 34.6 Å². The molecule has 0 saturated carbocycles. The number of amides is 1. The fourth-order valence-electron chi connectivity index (χ4n) is 2.85. The second-order valence-electron chi connectivity index (χ2n) is 6.62. The van der Waals surface area contributed by atoms with Gasteiger partial charge in [-0.3, -0.25) is 14.9 Å². The van der Waals surface area contributed by atoms with Gasteiger partial charge >= 0.3 is 5.97 Å². The summed E-state index contributed by atoms with van der Waals surface area (Å²) in [7, 11) is -3.79. The van der Waals surface area contributed by atoms with Crippen molar-refractivity contribution in [3.63, 3.8) is 0 Å². The van der Waals surface area contributed by atoms with Crippen molar-refractivity contribution in [2.24, 2.45) is 0 Å². The van der Waals surface area contributed by atoms with Crippen LogP contribution in [0.5, 0.6) is 0 Å². The largest absolute Gasteiger partial charge is 0.452 e.